The maximum absolute atomic E-state index is 5.49. The van der Waals surface area contributed by atoms with Gasteiger partial charge in [-0.1, -0.05) is 25.0 Å². The molecule has 0 amide bonds. The van der Waals surface area contributed by atoms with Gasteiger partial charge in [0.2, 0.25) is 11.8 Å². The molecule has 0 unspecified atom stereocenters. The Bertz CT molecular complexity index is 539. The predicted octanol–water partition coefficient (Wildman–Crippen LogP) is 1.83. The zero-order valence-corrected chi connectivity index (χ0v) is 12.6. The van der Waals surface area contributed by atoms with Gasteiger partial charge in [0, 0.05) is 18.8 Å². The predicted molar refractivity (Wildman–Crippen MR) is 79.0 cm³/mol. The maximum atomic E-state index is 5.49. The summed E-state index contributed by atoms with van der Waals surface area (Å²) in [5.74, 6) is 1.76. The van der Waals surface area contributed by atoms with E-state index in [-0.39, 0.29) is 0 Å². The molecule has 0 atom stereocenters. The van der Waals surface area contributed by atoms with Gasteiger partial charge in [-0.3, -0.25) is 0 Å². The van der Waals surface area contributed by atoms with E-state index in [9.17, 15) is 0 Å². The summed E-state index contributed by atoms with van der Waals surface area (Å²) in [5.41, 5.74) is 1.01. The number of methoxy groups -OCH3 is 1. The quantitative estimate of drug-likeness (QED) is 0.767. The molecule has 0 saturated heterocycles. The lowest BCUT2D eigenvalue weighted by Gasteiger charge is -2.04. The summed E-state index contributed by atoms with van der Waals surface area (Å²) in [7, 11) is 1.59. The molecule has 114 valence electrons. The fraction of sp³-hybridized carbons (Fsp3) is 0.500. The highest BCUT2D eigenvalue weighted by Crippen LogP contribution is 2.10. The second kappa shape index (κ2) is 7.58. The van der Waals surface area contributed by atoms with Crippen LogP contribution in [0.3, 0.4) is 0 Å². The topological polar surface area (TPSA) is 85.1 Å². The molecule has 0 aliphatic heterocycles. The molecule has 2 aromatic heterocycles. The first-order chi connectivity index (χ1) is 10.2. The van der Waals surface area contributed by atoms with Crippen molar-refractivity contribution in [2.24, 2.45) is 5.92 Å². The van der Waals surface area contributed by atoms with Gasteiger partial charge in [-0.15, -0.1) is 5.10 Å². The number of hydrogen-bond donors (Lipinski definition) is 2. The molecule has 2 heterocycles. The summed E-state index contributed by atoms with van der Waals surface area (Å²) in [6.45, 7) is 6.37. The minimum absolute atomic E-state index is 0.409. The molecule has 0 bridgehead atoms. The average molecular weight is 291 g/mol. The van der Waals surface area contributed by atoms with E-state index in [1.807, 2.05) is 12.1 Å². The van der Waals surface area contributed by atoms with Crippen molar-refractivity contribution in [1.82, 2.24) is 20.5 Å². The van der Waals surface area contributed by atoms with Gasteiger partial charge in [0.05, 0.1) is 13.7 Å². The number of hydrogen-bond acceptors (Lipinski definition) is 7. The summed E-state index contributed by atoms with van der Waals surface area (Å²) in [6.07, 6.45) is 1.74. The summed E-state index contributed by atoms with van der Waals surface area (Å²) >= 11 is 0. The van der Waals surface area contributed by atoms with Crippen LogP contribution in [0.2, 0.25) is 0 Å². The molecule has 0 radical (unpaired) electrons. The molecule has 0 fully saturated rings. The first kappa shape index (κ1) is 15.2. The zero-order valence-electron chi connectivity index (χ0n) is 12.6. The van der Waals surface area contributed by atoms with Crippen LogP contribution in [0.25, 0.3) is 0 Å². The molecule has 0 aliphatic carbocycles. The number of aromatic nitrogens is 3. The van der Waals surface area contributed by atoms with Gasteiger partial charge in [-0.05, 0) is 18.0 Å². The number of ether oxygens (including phenoxy) is 1. The maximum Gasteiger partial charge on any atom is 0.315 e. The first-order valence-electron chi connectivity index (χ1n) is 6.93. The number of rotatable bonds is 8. The fourth-order valence-corrected chi connectivity index (χ4v) is 1.68. The van der Waals surface area contributed by atoms with Gasteiger partial charge in [0.15, 0.2) is 0 Å². The SMILES string of the molecule is COc1ccc(CNc2nnc(CNCC(C)C)o2)cn1. The molecule has 7 heteroatoms. The van der Waals surface area contributed by atoms with Crippen LogP contribution in [-0.4, -0.2) is 28.8 Å². The van der Waals surface area contributed by atoms with Gasteiger partial charge in [0.1, 0.15) is 0 Å². The molecule has 7 nitrogen and oxygen atoms in total. The third-order valence-corrected chi connectivity index (χ3v) is 2.75. The van der Waals surface area contributed by atoms with E-state index in [2.05, 4.69) is 39.7 Å². The molecule has 21 heavy (non-hydrogen) atoms. The second-order valence-electron chi connectivity index (χ2n) is 5.09. The van der Waals surface area contributed by atoms with Crippen molar-refractivity contribution in [3.63, 3.8) is 0 Å². The molecule has 0 aromatic carbocycles. The standard InChI is InChI=1S/C14H21N5O2/c1-10(2)6-15-9-13-18-19-14(21-13)17-8-11-4-5-12(20-3)16-7-11/h4-5,7,10,15H,6,8-9H2,1-3H3,(H,17,19). The number of pyridine rings is 1. The zero-order chi connectivity index (χ0) is 15.1. The largest absolute Gasteiger partial charge is 0.481 e. The lowest BCUT2D eigenvalue weighted by Crippen LogP contribution is -2.19. The fourth-order valence-electron chi connectivity index (χ4n) is 1.68. The van der Waals surface area contributed by atoms with Crippen molar-refractivity contribution >= 4 is 6.01 Å². The molecule has 0 spiro atoms. The van der Waals surface area contributed by atoms with Crippen LogP contribution < -0.4 is 15.4 Å². The van der Waals surface area contributed by atoms with Crippen molar-refractivity contribution in [2.45, 2.75) is 26.9 Å². The van der Waals surface area contributed by atoms with Gasteiger partial charge in [-0.2, -0.15) is 0 Å². The van der Waals surface area contributed by atoms with Gasteiger partial charge >= 0.3 is 6.01 Å². The van der Waals surface area contributed by atoms with Crippen molar-refractivity contribution in [2.75, 3.05) is 19.0 Å². The number of nitrogens with zero attached hydrogens (tertiary/aromatic N) is 3. The van der Waals surface area contributed by atoms with Gasteiger partial charge in [0.25, 0.3) is 0 Å². The lowest BCUT2D eigenvalue weighted by molar-refractivity contribution is 0.397. The van der Waals surface area contributed by atoms with Crippen LogP contribution in [-0.2, 0) is 13.1 Å². The Morgan fingerprint density at radius 3 is 2.76 bits per heavy atom. The second-order valence-corrected chi connectivity index (χ2v) is 5.09. The third kappa shape index (κ3) is 5.03. The van der Waals surface area contributed by atoms with Crippen LogP contribution >= 0.6 is 0 Å². The summed E-state index contributed by atoms with van der Waals surface area (Å²) in [4.78, 5) is 4.13. The molecule has 2 aromatic rings. The lowest BCUT2D eigenvalue weighted by atomic mass is 10.2. The number of anilines is 1. The van der Waals surface area contributed by atoms with Crippen LogP contribution in [0, 0.1) is 5.92 Å². The highest BCUT2D eigenvalue weighted by Gasteiger charge is 2.06. The smallest absolute Gasteiger partial charge is 0.315 e. The van der Waals surface area contributed by atoms with E-state index in [0.717, 1.165) is 12.1 Å². The van der Waals surface area contributed by atoms with Crippen LogP contribution in [0.1, 0.15) is 25.3 Å². The molecule has 2 N–H and O–H groups in total. The van der Waals surface area contributed by atoms with E-state index in [0.29, 0.717) is 36.8 Å². The van der Waals surface area contributed by atoms with E-state index in [1.54, 1.807) is 13.3 Å². The highest BCUT2D eigenvalue weighted by molar-refractivity contribution is 5.24. The average Bonchev–Trinajstić information content (AvgIpc) is 2.93. The Morgan fingerprint density at radius 1 is 1.24 bits per heavy atom. The monoisotopic (exact) mass is 291 g/mol. The Balaban J connectivity index is 1.79. The van der Waals surface area contributed by atoms with Gasteiger partial charge in [-0.25, -0.2) is 4.98 Å². The minimum atomic E-state index is 0.409. The summed E-state index contributed by atoms with van der Waals surface area (Å²) < 4.78 is 10.5. The molecule has 2 rings (SSSR count). The Labute approximate surface area is 124 Å². The van der Waals surface area contributed by atoms with Crippen molar-refractivity contribution in [1.29, 1.82) is 0 Å². The van der Waals surface area contributed by atoms with E-state index in [4.69, 9.17) is 9.15 Å². The normalized spacial score (nSPS) is 10.9. The number of nitrogens with one attached hydrogen (secondary N) is 2. The van der Waals surface area contributed by atoms with Crippen LogP contribution in [0.5, 0.6) is 5.88 Å². The Morgan fingerprint density at radius 2 is 2.10 bits per heavy atom. The van der Waals surface area contributed by atoms with E-state index in [1.165, 1.54) is 0 Å². The van der Waals surface area contributed by atoms with E-state index < -0.39 is 0 Å². The van der Waals surface area contributed by atoms with Crippen LogP contribution in [0.4, 0.5) is 6.01 Å². The third-order valence-electron chi connectivity index (χ3n) is 2.75. The molecule has 0 saturated carbocycles. The van der Waals surface area contributed by atoms with Crippen molar-refractivity contribution in [3.8, 4) is 5.88 Å². The van der Waals surface area contributed by atoms with Crippen molar-refractivity contribution < 1.29 is 9.15 Å². The highest BCUT2D eigenvalue weighted by atomic mass is 16.5. The molecular weight excluding hydrogens is 270 g/mol. The summed E-state index contributed by atoms with van der Waals surface area (Å²) in [5, 5.41) is 14.2. The van der Waals surface area contributed by atoms with E-state index >= 15 is 0 Å². The Hall–Kier alpha value is -2.15. The van der Waals surface area contributed by atoms with Crippen LogP contribution in [0.15, 0.2) is 22.7 Å². The summed E-state index contributed by atoms with van der Waals surface area (Å²) in [6, 6.07) is 4.15. The molecular formula is C14H21N5O2. The van der Waals surface area contributed by atoms with Gasteiger partial charge < -0.3 is 19.8 Å². The minimum Gasteiger partial charge on any atom is -0.481 e. The molecule has 0 aliphatic rings. The first-order valence-corrected chi connectivity index (χ1v) is 6.93. The van der Waals surface area contributed by atoms with Crippen molar-refractivity contribution in [3.05, 3.63) is 29.8 Å². The Kier molecular flexibility index (Phi) is 5.51.